The van der Waals surface area contributed by atoms with Crippen LogP contribution in [-0.4, -0.2) is 76.3 Å². The Labute approximate surface area is 279 Å². The Morgan fingerprint density at radius 3 is 1.91 bits per heavy atom. The molecule has 0 bridgehead atoms. The maximum absolute atomic E-state index is 14.1. The van der Waals surface area contributed by atoms with Crippen molar-refractivity contribution in [2.24, 2.45) is 11.3 Å². The van der Waals surface area contributed by atoms with Gasteiger partial charge in [-0.15, -0.1) is 0 Å². The van der Waals surface area contributed by atoms with Crippen molar-refractivity contribution >= 4 is 33.7 Å². The van der Waals surface area contributed by atoms with Gasteiger partial charge in [0.15, 0.2) is 0 Å². The highest BCUT2D eigenvalue weighted by molar-refractivity contribution is 7.90. The number of amides is 3. The molecule has 12 heteroatoms. The molecule has 11 nitrogen and oxygen atoms in total. The molecule has 0 heterocycles. The Balaban J connectivity index is 2.32. The molecule has 2 aromatic rings. The van der Waals surface area contributed by atoms with Gasteiger partial charge in [-0.25, -0.2) is 17.9 Å². The number of ether oxygens (including phenoxy) is 1. The highest BCUT2D eigenvalue weighted by atomic mass is 32.2. The molecule has 2 aromatic carbocycles. The van der Waals surface area contributed by atoms with Gasteiger partial charge in [-0.3, -0.25) is 14.4 Å². The molecule has 0 aliphatic rings. The first-order valence-electron chi connectivity index (χ1n) is 15.4. The molecule has 0 aliphatic carbocycles. The Bertz CT molecular complexity index is 1560. The van der Waals surface area contributed by atoms with Gasteiger partial charge in [0.2, 0.25) is 11.8 Å². The molecule has 3 atom stereocenters. The quantitative estimate of drug-likeness (QED) is 0.215. The minimum Gasteiger partial charge on any atom is -0.465 e. The predicted octanol–water partition coefficient (Wildman–Crippen LogP) is 3.80. The average molecular weight is 671 g/mol. The van der Waals surface area contributed by atoms with Crippen LogP contribution < -0.4 is 15.4 Å². The number of methoxy groups -OCH3 is 1. The topological polar surface area (TPSA) is 151 Å². The van der Waals surface area contributed by atoms with Crippen molar-refractivity contribution in [1.82, 2.24) is 20.3 Å². The zero-order valence-corrected chi connectivity index (χ0v) is 30.1. The largest absolute Gasteiger partial charge is 0.465 e. The summed E-state index contributed by atoms with van der Waals surface area (Å²) >= 11 is 0. The van der Waals surface area contributed by atoms with Gasteiger partial charge < -0.3 is 20.3 Å². The van der Waals surface area contributed by atoms with Gasteiger partial charge in [0.05, 0.1) is 29.7 Å². The molecule has 0 radical (unpaired) electrons. The van der Waals surface area contributed by atoms with Crippen molar-refractivity contribution in [2.75, 3.05) is 21.2 Å². The Morgan fingerprint density at radius 1 is 0.894 bits per heavy atom. The molecule has 47 heavy (non-hydrogen) atoms. The van der Waals surface area contributed by atoms with E-state index in [9.17, 15) is 27.6 Å². The molecule has 3 amide bonds. The maximum Gasteiger partial charge on any atom is 0.337 e. The molecule has 0 spiro atoms. The van der Waals surface area contributed by atoms with Gasteiger partial charge >= 0.3 is 5.97 Å². The number of benzene rings is 2. The second kappa shape index (κ2) is 15.7. The molecule has 258 valence electrons. The fraction of sp³-hybridized carbons (Fsp3) is 0.486. The van der Waals surface area contributed by atoms with Crippen LogP contribution in [0.2, 0.25) is 0 Å². The number of sulfonamides is 1. The molecule has 0 saturated carbocycles. The Kier molecular flexibility index (Phi) is 13.1. The smallest absolute Gasteiger partial charge is 0.337 e. The molecule has 0 saturated heterocycles. The lowest BCUT2D eigenvalue weighted by atomic mass is 9.76. The number of nitrogens with zero attached hydrogens (tertiary/aromatic N) is 1. The lowest BCUT2D eigenvalue weighted by Crippen LogP contribution is -2.61. The van der Waals surface area contributed by atoms with Crippen LogP contribution >= 0.6 is 0 Å². The number of carbonyl (C=O) groups is 4. The van der Waals surface area contributed by atoms with Gasteiger partial charge in [0, 0.05) is 18.0 Å². The van der Waals surface area contributed by atoms with Crippen LogP contribution in [0.5, 0.6) is 0 Å². The molecule has 0 aliphatic heterocycles. The highest BCUT2D eigenvalue weighted by Crippen LogP contribution is 2.29. The lowest BCUT2D eigenvalue weighted by Gasteiger charge is -2.40. The first kappa shape index (κ1) is 39.1. The van der Waals surface area contributed by atoms with E-state index in [0.29, 0.717) is 0 Å². The molecule has 0 aromatic heterocycles. The predicted molar refractivity (Wildman–Crippen MR) is 182 cm³/mol. The maximum atomic E-state index is 14.1. The third-order valence-corrected chi connectivity index (χ3v) is 9.61. The van der Waals surface area contributed by atoms with Crippen molar-refractivity contribution in [2.45, 2.75) is 83.8 Å². The summed E-state index contributed by atoms with van der Waals surface area (Å²) in [5, 5.41) is 6.12. The summed E-state index contributed by atoms with van der Waals surface area (Å²) in [6.45, 7) is 14.7. The molecule has 0 fully saturated rings. The molecule has 2 rings (SSSR count). The molecular formula is C35H50N4O7S. The number of likely N-dealkylation sites (N-methyl/N-ethyl adjacent to an activating group) is 2. The van der Waals surface area contributed by atoms with Crippen LogP contribution in [0.3, 0.4) is 0 Å². The lowest BCUT2D eigenvalue weighted by molar-refractivity contribution is -0.140. The van der Waals surface area contributed by atoms with Crippen LogP contribution in [0, 0.1) is 11.3 Å². The minimum atomic E-state index is -4.26. The Hall–Kier alpha value is -4.03. The average Bonchev–Trinajstić information content (AvgIpc) is 3.01. The van der Waals surface area contributed by atoms with Crippen LogP contribution in [-0.2, 0) is 34.6 Å². The third-order valence-electron chi connectivity index (χ3n) is 8.26. The first-order chi connectivity index (χ1) is 21.7. The van der Waals surface area contributed by atoms with Crippen LogP contribution in [0.25, 0.3) is 0 Å². The number of nitrogens with one attached hydrogen (secondary N) is 3. The standard InChI is InChI=1S/C35H50N4O7S/c1-22(2)27(21-23(3)30(40)38-47(44,45)26-19-17-24(18-20-26)33(43)46-11)39(10)32(42)29(34(4,5)6)37-31(41)28(36-9)35(7,8)25-15-13-12-14-16-25/h12-22,27-29,36H,1-11H3,(H,37,41)(H,38,40). The summed E-state index contributed by atoms with van der Waals surface area (Å²) < 4.78 is 32.5. The van der Waals surface area contributed by atoms with E-state index >= 15 is 0 Å². The van der Waals surface area contributed by atoms with Crippen molar-refractivity contribution in [3.05, 3.63) is 77.4 Å². The van der Waals surface area contributed by atoms with Crippen molar-refractivity contribution in [1.29, 1.82) is 0 Å². The SMILES string of the molecule is CNC(C(=O)NC(C(=O)N(C)C(C=C(C)C(=O)NS(=O)(=O)c1ccc(C(=O)OC)cc1)C(C)C)C(C)(C)C)C(C)(C)c1ccccc1. The van der Waals surface area contributed by atoms with Crippen molar-refractivity contribution in [3.63, 3.8) is 0 Å². The van der Waals surface area contributed by atoms with E-state index in [4.69, 9.17) is 0 Å². The number of hydrogen-bond donors (Lipinski definition) is 3. The zero-order chi connectivity index (χ0) is 35.9. The first-order valence-corrected chi connectivity index (χ1v) is 16.9. The second-order valence-corrected chi connectivity index (χ2v) is 15.3. The number of rotatable bonds is 13. The highest BCUT2D eigenvalue weighted by Gasteiger charge is 2.41. The summed E-state index contributed by atoms with van der Waals surface area (Å²) in [5.74, 6) is -2.36. The van der Waals surface area contributed by atoms with E-state index in [1.807, 2.05) is 83.5 Å². The summed E-state index contributed by atoms with van der Waals surface area (Å²) in [5.41, 5.74) is -0.0775. The van der Waals surface area contributed by atoms with Gasteiger partial charge in [-0.2, -0.15) is 0 Å². The minimum absolute atomic E-state index is 0.0781. The van der Waals surface area contributed by atoms with E-state index in [2.05, 4.69) is 15.4 Å². The molecule has 3 unspecified atom stereocenters. The van der Waals surface area contributed by atoms with Gasteiger partial charge in [0.25, 0.3) is 15.9 Å². The molecule has 3 N–H and O–H groups in total. The van der Waals surface area contributed by atoms with Gasteiger partial charge in [-0.1, -0.05) is 84.9 Å². The normalized spacial score (nSPS) is 14.5. The van der Waals surface area contributed by atoms with E-state index in [0.717, 1.165) is 5.56 Å². The van der Waals surface area contributed by atoms with Crippen molar-refractivity contribution < 1.29 is 32.3 Å². The fourth-order valence-electron chi connectivity index (χ4n) is 5.31. The van der Waals surface area contributed by atoms with Gasteiger partial charge in [-0.05, 0) is 55.1 Å². The van der Waals surface area contributed by atoms with Crippen LogP contribution in [0.1, 0.15) is 71.3 Å². The number of hydrogen-bond acceptors (Lipinski definition) is 8. The molecular weight excluding hydrogens is 620 g/mol. The van der Waals surface area contributed by atoms with E-state index in [-0.39, 0.29) is 33.8 Å². The van der Waals surface area contributed by atoms with Crippen LogP contribution in [0.15, 0.2) is 71.1 Å². The summed E-state index contributed by atoms with van der Waals surface area (Å²) in [7, 11) is 0.258. The Morgan fingerprint density at radius 2 is 1.45 bits per heavy atom. The third kappa shape index (κ3) is 9.74. The monoisotopic (exact) mass is 670 g/mol. The van der Waals surface area contributed by atoms with Gasteiger partial charge in [0.1, 0.15) is 6.04 Å². The van der Waals surface area contributed by atoms with Crippen LogP contribution in [0.4, 0.5) is 0 Å². The second-order valence-electron chi connectivity index (χ2n) is 13.6. The van der Waals surface area contributed by atoms with E-state index in [1.54, 1.807) is 20.2 Å². The summed E-state index contributed by atoms with van der Waals surface area (Å²) in [4.78, 5) is 53.9. The summed E-state index contributed by atoms with van der Waals surface area (Å²) in [6, 6.07) is 12.4. The van der Waals surface area contributed by atoms with Crippen molar-refractivity contribution in [3.8, 4) is 0 Å². The fourth-order valence-corrected chi connectivity index (χ4v) is 6.33. The summed E-state index contributed by atoms with van der Waals surface area (Å²) in [6.07, 6.45) is 1.55. The van der Waals surface area contributed by atoms with E-state index in [1.165, 1.54) is 43.2 Å². The van der Waals surface area contributed by atoms with E-state index < -0.39 is 50.9 Å². The number of esters is 1. The number of carbonyl (C=O) groups excluding carboxylic acids is 4. The zero-order valence-electron chi connectivity index (χ0n) is 29.3.